The maximum absolute atomic E-state index is 12.9. The fourth-order valence-corrected chi connectivity index (χ4v) is 3.11. The van der Waals surface area contributed by atoms with E-state index in [1.165, 1.54) is 0 Å². The summed E-state index contributed by atoms with van der Waals surface area (Å²) in [6.45, 7) is 4.67. The zero-order chi connectivity index (χ0) is 17.6. The van der Waals surface area contributed by atoms with Crippen LogP contribution < -0.4 is 11.1 Å². The average Bonchev–Trinajstić information content (AvgIpc) is 2.60. The number of allylic oxidation sites excluding steroid dienone is 2. The van der Waals surface area contributed by atoms with Gasteiger partial charge in [0.15, 0.2) is 0 Å². The number of nitrogens with one attached hydrogen (secondary N) is 1. The second-order valence-electron chi connectivity index (χ2n) is 6.21. The SMILES string of the molecule is CCCNC(=O)C1(CCC)C=C(c2cccnc2)C=C(C(N)=O)C1.Cl. The first-order chi connectivity index (χ1) is 11.5. The van der Waals surface area contributed by atoms with E-state index in [0.29, 0.717) is 25.0 Å². The second kappa shape index (κ2) is 9.37. The number of hydrogen-bond acceptors (Lipinski definition) is 3. The number of primary amides is 1. The molecule has 3 N–H and O–H groups in total. The molecule has 136 valence electrons. The molecule has 25 heavy (non-hydrogen) atoms. The Bertz CT molecular complexity index is 671. The van der Waals surface area contributed by atoms with Crippen LogP contribution in [0.5, 0.6) is 0 Å². The van der Waals surface area contributed by atoms with Crippen LogP contribution >= 0.6 is 12.4 Å². The Morgan fingerprint density at radius 2 is 2.08 bits per heavy atom. The number of carbonyl (C=O) groups is 2. The maximum Gasteiger partial charge on any atom is 0.244 e. The molecule has 5 nitrogen and oxygen atoms in total. The van der Waals surface area contributed by atoms with Crippen LogP contribution in [-0.2, 0) is 9.59 Å². The first-order valence-electron chi connectivity index (χ1n) is 8.44. The number of amides is 2. The van der Waals surface area contributed by atoms with Crippen molar-refractivity contribution in [2.75, 3.05) is 6.54 Å². The minimum Gasteiger partial charge on any atom is -0.366 e. The van der Waals surface area contributed by atoms with Crippen LogP contribution in [0.3, 0.4) is 0 Å². The highest BCUT2D eigenvalue weighted by atomic mass is 35.5. The molecule has 0 saturated heterocycles. The maximum atomic E-state index is 12.9. The summed E-state index contributed by atoms with van der Waals surface area (Å²) in [5.74, 6) is -0.521. The van der Waals surface area contributed by atoms with Gasteiger partial charge in [-0.2, -0.15) is 0 Å². The van der Waals surface area contributed by atoms with Gasteiger partial charge in [-0.1, -0.05) is 32.4 Å². The molecule has 6 heteroatoms. The van der Waals surface area contributed by atoms with Gasteiger partial charge in [-0.15, -0.1) is 12.4 Å². The first kappa shape index (κ1) is 20.9. The van der Waals surface area contributed by atoms with E-state index in [9.17, 15) is 9.59 Å². The van der Waals surface area contributed by atoms with Crippen molar-refractivity contribution in [3.05, 3.63) is 47.8 Å². The minimum absolute atomic E-state index is 0. The molecule has 0 radical (unpaired) electrons. The summed E-state index contributed by atoms with van der Waals surface area (Å²) in [5, 5.41) is 2.98. The fraction of sp³-hybridized carbons (Fsp3) is 0.421. The van der Waals surface area contributed by atoms with Crippen molar-refractivity contribution >= 4 is 29.8 Å². The molecule has 1 unspecified atom stereocenters. The highest BCUT2D eigenvalue weighted by Gasteiger charge is 2.39. The number of nitrogens with two attached hydrogens (primary N) is 1. The zero-order valence-electron chi connectivity index (χ0n) is 14.7. The molecule has 0 bridgehead atoms. The lowest BCUT2D eigenvalue weighted by Gasteiger charge is -2.33. The van der Waals surface area contributed by atoms with E-state index in [1.807, 2.05) is 32.1 Å². The van der Waals surface area contributed by atoms with Gasteiger partial charge in [-0.25, -0.2) is 0 Å². The van der Waals surface area contributed by atoms with E-state index >= 15 is 0 Å². The van der Waals surface area contributed by atoms with Crippen molar-refractivity contribution in [1.29, 1.82) is 0 Å². The average molecular weight is 364 g/mol. The predicted octanol–water partition coefficient (Wildman–Crippen LogP) is 3.01. The van der Waals surface area contributed by atoms with Crippen LogP contribution in [0.1, 0.15) is 45.1 Å². The number of nitrogens with zero attached hydrogens (tertiary/aromatic N) is 1. The monoisotopic (exact) mass is 363 g/mol. The Morgan fingerprint density at radius 3 is 2.64 bits per heavy atom. The standard InChI is InChI=1S/C19H25N3O2.ClH/c1-3-7-19(18(24)22-8-4-2)11-15(10-16(12-19)17(20)23)14-6-5-9-21-13-14;/h5-6,9-11,13H,3-4,7-8,12H2,1-2H3,(H2,20,23)(H,22,24);1H. The lowest BCUT2D eigenvalue weighted by molar-refractivity contribution is -0.129. The largest absolute Gasteiger partial charge is 0.366 e. The third kappa shape index (κ3) is 4.92. The van der Waals surface area contributed by atoms with E-state index in [4.69, 9.17) is 5.73 Å². The van der Waals surface area contributed by atoms with Crippen molar-refractivity contribution in [2.45, 2.75) is 39.5 Å². The van der Waals surface area contributed by atoms with Crippen LogP contribution in [0.4, 0.5) is 0 Å². The van der Waals surface area contributed by atoms with Crippen molar-refractivity contribution in [2.24, 2.45) is 11.1 Å². The quantitative estimate of drug-likeness (QED) is 0.780. The Balaban J connectivity index is 0.00000312. The highest BCUT2D eigenvalue weighted by Crippen LogP contribution is 2.41. The number of pyridine rings is 1. The molecule has 0 aromatic carbocycles. The minimum atomic E-state index is -0.742. The fourth-order valence-electron chi connectivity index (χ4n) is 3.11. The Kier molecular flexibility index (Phi) is 7.84. The van der Waals surface area contributed by atoms with Crippen LogP contribution in [0.2, 0.25) is 0 Å². The molecule has 0 aliphatic heterocycles. The normalized spacial score (nSPS) is 19.3. The van der Waals surface area contributed by atoms with E-state index in [2.05, 4.69) is 10.3 Å². The molecule has 2 amide bonds. The molecule has 2 rings (SSSR count). The van der Waals surface area contributed by atoms with E-state index in [0.717, 1.165) is 24.0 Å². The van der Waals surface area contributed by atoms with Crippen molar-refractivity contribution < 1.29 is 9.59 Å². The number of rotatable bonds is 7. The van der Waals surface area contributed by atoms with Gasteiger partial charge in [0.1, 0.15) is 0 Å². The van der Waals surface area contributed by atoms with Crippen LogP contribution in [0, 0.1) is 5.41 Å². The summed E-state index contributed by atoms with van der Waals surface area (Å²) in [6, 6.07) is 3.75. The van der Waals surface area contributed by atoms with Gasteiger partial charge in [0.25, 0.3) is 0 Å². The summed E-state index contributed by atoms with van der Waals surface area (Å²) < 4.78 is 0. The molecule has 0 spiro atoms. The van der Waals surface area contributed by atoms with E-state index < -0.39 is 11.3 Å². The molecule has 0 saturated carbocycles. The van der Waals surface area contributed by atoms with Crippen molar-refractivity contribution in [3.63, 3.8) is 0 Å². The van der Waals surface area contributed by atoms with Crippen molar-refractivity contribution in [3.8, 4) is 0 Å². The molecule has 1 aromatic rings. The summed E-state index contributed by atoms with van der Waals surface area (Å²) >= 11 is 0. The number of halogens is 1. The summed E-state index contributed by atoms with van der Waals surface area (Å²) in [5.41, 5.74) is 6.98. The Labute approximate surface area is 155 Å². The Hall–Kier alpha value is -2.14. The number of aromatic nitrogens is 1. The smallest absolute Gasteiger partial charge is 0.244 e. The van der Waals surface area contributed by atoms with Gasteiger partial charge in [-0.3, -0.25) is 14.6 Å². The lowest BCUT2D eigenvalue weighted by atomic mass is 9.71. The van der Waals surface area contributed by atoms with Crippen LogP contribution in [-0.4, -0.2) is 23.3 Å². The third-order valence-electron chi connectivity index (χ3n) is 4.26. The summed E-state index contributed by atoms with van der Waals surface area (Å²) in [7, 11) is 0. The first-order valence-corrected chi connectivity index (χ1v) is 8.44. The van der Waals surface area contributed by atoms with E-state index in [-0.39, 0.29) is 18.3 Å². The summed E-state index contributed by atoms with van der Waals surface area (Å²) in [4.78, 5) is 28.8. The lowest BCUT2D eigenvalue weighted by Crippen LogP contribution is -2.42. The van der Waals surface area contributed by atoms with Gasteiger partial charge in [-0.05, 0) is 42.5 Å². The second-order valence-corrected chi connectivity index (χ2v) is 6.21. The van der Waals surface area contributed by atoms with E-state index in [1.54, 1.807) is 18.5 Å². The van der Waals surface area contributed by atoms with Gasteiger partial charge in [0.05, 0.1) is 5.41 Å². The van der Waals surface area contributed by atoms with Gasteiger partial charge < -0.3 is 11.1 Å². The molecular formula is C19H26ClN3O2. The molecular weight excluding hydrogens is 338 g/mol. The molecule has 1 heterocycles. The number of carbonyl (C=O) groups excluding carboxylic acids is 2. The molecule has 1 aliphatic carbocycles. The highest BCUT2D eigenvalue weighted by molar-refractivity contribution is 6.00. The summed E-state index contributed by atoms with van der Waals surface area (Å²) in [6.07, 6.45) is 9.89. The molecule has 0 fully saturated rings. The zero-order valence-corrected chi connectivity index (χ0v) is 15.6. The van der Waals surface area contributed by atoms with Crippen molar-refractivity contribution in [1.82, 2.24) is 10.3 Å². The molecule has 1 aliphatic rings. The molecule has 1 aromatic heterocycles. The van der Waals surface area contributed by atoms with Gasteiger partial charge in [0, 0.05) is 24.5 Å². The van der Waals surface area contributed by atoms with Gasteiger partial charge in [0.2, 0.25) is 11.8 Å². The van der Waals surface area contributed by atoms with Crippen LogP contribution in [0.25, 0.3) is 5.57 Å². The van der Waals surface area contributed by atoms with Gasteiger partial charge >= 0.3 is 0 Å². The Morgan fingerprint density at radius 1 is 1.32 bits per heavy atom. The topological polar surface area (TPSA) is 85.1 Å². The number of hydrogen-bond donors (Lipinski definition) is 2. The third-order valence-corrected chi connectivity index (χ3v) is 4.26. The molecule has 1 atom stereocenters. The van der Waals surface area contributed by atoms with Crippen LogP contribution in [0.15, 0.2) is 42.3 Å². The predicted molar refractivity (Wildman–Crippen MR) is 102 cm³/mol.